The molecule has 42 heavy (non-hydrogen) atoms. The van der Waals surface area contributed by atoms with E-state index in [4.69, 9.17) is 0 Å². The predicted molar refractivity (Wildman–Crippen MR) is 163 cm³/mol. The monoisotopic (exact) mass is 610 g/mol. The number of fused-ring (bicyclic) bond motifs is 1. The average Bonchev–Trinajstić information content (AvgIpc) is 3.68. The van der Waals surface area contributed by atoms with E-state index in [0.29, 0.717) is 42.4 Å². The third-order valence-electron chi connectivity index (χ3n) is 8.20. The minimum atomic E-state index is -3.48. The van der Waals surface area contributed by atoms with E-state index in [1.54, 1.807) is 19.3 Å². The van der Waals surface area contributed by atoms with Gasteiger partial charge >= 0.3 is 0 Å². The van der Waals surface area contributed by atoms with Crippen molar-refractivity contribution < 1.29 is 16.8 Å². The van der Waals surface area contributed by atoms with Crippen LogP contribution in [0.4, 0.5) is 17.3 Å². The van der Waals surface area contributed by atoms with Crippen molar-refractivity contribution in [3.8, 4) is 11.4 Å². The fraction of sp³-hybridized carbons (Fsp3) is 0.429. The molecule has 1 aliphatic carbocycles. The van der Waals surface area contributed by atoms with Gasteiger partial charge in [-0.15, -0.1) is 0 Å². The van der Waals surface area contributed by atoms with Crippen LogP contribution in [0, 0.1) is 0 Å². The number of anilines is 3. The van der Waals surface area contributed by atoms with Crippen molar-refractivity contribution in [3.63, 3.8) is 0 Å². The van der Waals surface area contributed by atoms with Crippen LogP contribution in [0.1, 0.15) is 45.1 Å². The maximum Gasteiger partial charge on any atom is 0.256 e. The first-order chi connectivity index (χ1) is 19.8. The molecule has 1 aromatic carbocycles. The topological polar surface area (TPSA) is 143 Å². The molecule has 222 valence electrons. The lowest BCUT2D eigenvalue weighted by Crippen LogP contribution is -2.65. The zero-order chi connectivity index (χ0) is 30.0. The van der Waals surface area contributed by atoms with Gasteiger partial charge in [0.25, 0.3) is 10.0 Å². The van der Waals surface area contributed by atoms with Crippen LogP contribution in [0.2, 0.25) is 0 Å². The molecule has 0 radical (unpaired) electrons. The quantitative estimate of drug-likeness (QED) is 0.299. The molecule has 14 heteroatoms. The number of nitrogens with zero attached hydrogens (tertiary/aromatic N) is 7. The second kappa shape index (κ2) is 10.3. The van der Waals surface area contributed by atoms with Crippen LogP contribution < -0.4 is 10.2 Å². The number of pyridine rings is 1. The summed E-state index contributed by atoms with van der Waals surface area (Å²) in [6.07, 6.45) is 8.90. The van der Waals surface area contributed by atoms with Gasteiger partial charge in [-0.2, -0.15) is 13.5 Å². The maximum atomic E-state index is 12.5. The van der Waals surface area contributed by atoms with Crippen LogP contribution >= 0.6 is 0 Å². The van der Waals surface area contributed by atoms with Crippen molar-refractivity contribution in [2.24, 2.45) is 0 Å². The summed E-state index contributed by atoms with van der Waals surface area (Å²) < 4.78 is 51.7. The first-order valence-corrected chi connectivity index (χ1v) is 17.2. The summed E-state index contributed by atoms with van der Waals surface area (Å²) in [7, 11) is -5.12. The van der Waals surface area contributed by atoms with Crippen molar-refractivity contribution in [1.29, 1.82) is 0 Å². The third-order valence-corrected chi connectivity index (χ3v) is 11.6. The highest BCUT2D eigenvalue weighted by Crippen LogP contribution is 2.39. The fourth-order valence-corrected chi connectivity index (χ4v) is 7.63. The van der Waals surface area contributed by atoms with Crippen molar-refractivity contribution in [1.82, 2.24) is 28.4 Å². The van der Waals surface area contributed by atoms with Crippen molar-refractivity contribution in [2.75, 3.05) is 30.1 Å². The van der Waals surface area contributed by atoms with Gasteiger partial charge in [0.15, 0.2) is 5.82 Å². The Balaban J connectivity index is 1.28. The summed E-state index contributed by atoms with van der Waals surface area (Å²) in [5.41, 5.74) is 2.69. The highest BCUT2D eigenvalue weighted by molar-refractivity contribution is 7.90. The largest absolute Gasteiger partial charge is 0.365 e. The molecule has 0 amide bonds. The molecule has 12 nitrogen and oxygen atoms in total. The molecule has 1 aliphatic heterocycles. The van der Waals surface area contributed by atoms with Gasteiger partial charge in [0.05, 0.1) is 35.5 Å². The van der Waals surface area contributed by atoms with Gasteiger partial charge in [-0.25, -0.2) is 31.8 Å². The second-order valence-electron chi connectivity index (χ2n) is 11.4. The lowest BCUT2D eigenvalue weighted by molar-refractivity contribution is 0.251. The van der Waals surface area contributed by atoms with Crippen LogP contribution in [-0.4, -0.2) is 82.5 Å². The second-order valence-corrected chi connectivity index (χ2v) is 15.5. The molecule has 1 saturated carbocycles. The van der Waals surface area contributed by atoms with Gasteiger partial charge < -0.3 is 10.2 Å². The Morgan fingerprint density at radius 1 is 1.02 bits per heavy atom. The van der Waals surface area contributed by atoms with Gasteiger partial charge in [0.1, 0.15) is 11.6 Å². The molecule has 4 aromatic rings. The lowest BCUT2D eigenvalue weighted by atomic mass is 9.92. The Bertz CT molecular complexity index is 1890. The minimum absolute atomic E-state index is 0.0127. The standard InChI is InChI=1S/C28H34N8O4S2/c1-17(2)21-8-9-24(35-16-25(18(35)3)34(4)41(5,37)38)23-14-30-27(12-22(21)23)32-26-10-11-29-28(33-26)19-13-31-36(15-19)42(39,40)20-6-7-20/h8-15,17-18,20,25H,6-7,16H2,1-5H3,(H,29,30,32,33). The molecule has 2 unspecified atom stereocenters. The predicted octanol–water partition coefficient (Wildman–Crippen LogP) is 3.56. The Kier molecular flexibility index (Phi) is 6.97. The van der Waals surface area contributed by atoms with E-state index < -0.39 is 20.0 Å². The molecular weight excluding hydrogens is 576 g/mol. The van der Waals surface area contributed by atoms with E-state index in [0.717, 1.165) is 20.5 Å². The number of rotatable bonds is 9. The van der Waals surface area contributed by atoms with Crippen LogP contribution in [0.25, 0.3) is 22.2 Å². The molecule has 6 rings (SSSR count). The molecule has 2 fully saturated rings. The van der Waals surface area contributed by atoms with Crippen molar-refractivity contribution in [2.45, 2.75) is 56.9 Å². The van der Waals surface area contributed by atoms with E-state index in [1.165, 1.54) is 28.5 Å². The number of benzene rings is 1. The van der Waals surface area contributed by atoms with Crippen LogP contribution in [-0.2, 0) is 20.0 Å². The first-order valence-electron chi connectivity index (χ1n) is 13.9. The van der Waals surface area contributed by atoms with Crippen LogP contribution in [0.15, 0.2) is 49.1 Å². The Morgan fingerprint density at radius 3 is 2.45 bits per heavy atom. The molecule has 2 aliphatic rings. The van der Waals surface area contributed by atoms with E-state index in [1.807, 2.05) is 19.2 Å². The smallest absolute Gasteiger partial charge is 0.256 e. The Labute approximate surface area is 245 Å². The summed E-state index contributed by atoms with van der Waals surface area (Å²) in [6, 6.07) is 7.87. The lowest BCUT2D eigenvalue weighted by Gasteiger charge is -2.51. The molecule has 0 spiro atoms. The number of likely N-dealkylation sites (N-methyl/N-ethyl adjacent to an activating group) is 1. The molecule has 1 N–H and O–H groups in total. The van der Waals surface area contributed by atoms with Gasteiger partial charge in [0, 0.05) is 43.1 Å². The van der Waals surface area contributed by atoms with Gasteiger partial charge in [0.2, 0.25) is 10.0 Å². The minimum Gasteiger partial charge on any atom is -0.365 e. The molecule has 3 aromatic heterocycles. The number of hydrogen-bond donors (Lipinski definition) is 1. The normalized spacial score (nSPS) is 19.5. The summed E-state index contributed by atoms with van der Waals surface area (Å²) in [6.45, 7) is 6.93. The average molecular weight is 611 g/mol. The first kappa shape index (κ1) is 28.5. The SMILES string of the molecule is CC(C)c1ccc(N2CC(N(C)S(C)(=O)=O)C2C)c2cnc(Nc3ccnc(-c4cnn(S(=O)(=O)C5CC5)c4)n3)cc12. The van der Waals surface area contributed by atoms with Crippen LogP contribution in [0.3, 0.4) is 0 Å². The number of hydrogen-bond acceptors (Lipinski definition) is 10. The molecule has 4 heterocycles. The number of aromatic nitrogens is 5. The zero-order valence-electron chi connectivity index (χ0n) is 24.1. The molecular formula is C28H34N8O4S2. The Morgan fingerprint density at radius 2 is 1.79 bits per heavy atom. The maximum absolute atomic E-state index is 12.5. The third kappa shape index (κ3) is 5.11. The Hall–Kier alpha value is -3.62. The molecule has 1 saturated heterocycles. The molecule has 0 bridgehead atoms. The summed E-state index contributed by atoms with van der Waals surface area (Å²) in [5.74, 6) is 1.73. The summed E-state index contributed by atoms with van der Waals surface area (Å²) >= 11 is 0. The van der Waals surface area contributed by atoms with Gasteiger partial charge in [-0.1, -0.05) is 19.9 Å². The van der Waals surface area contributed by atoms with E-state index in [-0.39, 0.29) is 23.3 Å². The summed E-state index contributed by atoms with van der Waals surface area (Å²) in [5, 5.41) is 8.99. The van der Waals surface area contributed by atoms with E-state index >= 15 is 0 Å². The van der Waals surface area contributed by atoms with Crippen molar-refractivity contribution in [3.05, 3.63) is 54.6 Å². The highest BCUT2D eigenvalue weighted by Gasteiger charge is 2.42. The number of sulfonamides is 1. The van der Waals surface area contributed by atoms with Gasteiger partial charge in [-0.05, 0) is 54.8 Å². The van der Waals surface area contributed by atoms with Crippen molar-refractivity contribution >= 4 is 48.1 Å². The van der Waals surface area contributed by atoms with Crippen LogP contribution in [0.5, 0.6) is 0 Å². The zero-order valence-corrected chi connectivity index (χ0v) is 25.8. The fourth-order valence-electron chi connectivity index (χ4n) is 5.42. The number of nitrogens with one attached hydrogen (secondary N) is 1. The van der Waals surface area contributed by atoms with E-state index in [2.05, 4.69) is 56.2 Å². The summed E-state index contributed by atoms with van der Waals surface area (Å²) in [4.78, 5) is 15.8. The van der Waals surface area contributed by atoms with E-state index in [9.17, 15) is 16.8 Å². The van der Waals surface area contributed by atoms with Gasteiger partial charge in [-0.3, -0.25) is 0 Å². The highest BCUT2D eigenvalue weighted by atomic mass is 32.2. The molecule has 2 atom stereocenters.